The van der Waals surface area contributed by atoms with Crippen LogP contribution in [0.5, 0.6) is 0 Å². The molecular weight excluding hydrogens is 242 g/mol. The van der Waals surface area contributed by atoms with Crippen LogP contribution in [-0.2, 0) is 4.79 Å². The molecule has 0 saturated carbocycles. The minimum atomic E-state index is -0.359. The molecule has 0 aliphatic carbocycles. The van der Waals surface area contributed by atoms with E-state index in [1.54, 1.807) is 0 Å². The van der Waals surface area contributed by atoms with Crippen molar-refractivity contribution in [2.24, 2.45) is 17.1 Å². The Hall–Kier alpha value is -0.650. The highest BCUT2D eigenvalue weighted by molar-refractivity contribution is 5.81. The van der Waals surface area contributed by atoms with Gasteiger partial charge in [-0.25, -0.2) is 0 Å². The van der Waals surface area contributed by atoms with Gasteiger partial charge in [0.25, 0.3) is 0 Å². The van der Waals surface area contributed by atoms with E-state index in [1.807, 2.05) is 20.8 Å². The van der Waals surface area contributed by atoms with Gasteiger partial charge in [0.05, 0.1) is 0 Å². The predicted molar refractivity (Wildman–Crippen MR) is 76.7 cm³/mol. The van der Waals surface area contributed by atoms with Gasteiger partial charge in [0.15, 0.2) is 0 Å². The van der Waals surface area contributed by atoms with E-state index in [9.17, 15) is 4.79 Å². The van der Waals surface area contributed by atoms with E-state index >= 15 is 0 Å². The summed E-state index contributed by atoms with van der Waals surface area (Å²) in [6.45, 7) is 9.30. The van der Waals surface area contributed by atoms with Crippen molar-refractivity contribution >= 4 is 5.91 Å². The quantitative estimate of drug-likeness (QED) is 0.666. The van der Waals surface area contributed by atoms with Crippen LogP contribution in [0.4, 0.5) is 0 Å². The summed E-state index contributed by atoms with van der Waals surface area (Å²) in [7, 11) is 0. The van der Waals surface area contributed by atoms with E-state index in [0.717, 1.165) is 32.5 Å². The third-order valence-electron chi connectivity index (χ3n) is 3.61. The second-order valence-electron chi connectivity index (χ2n) is 6.58. The van der Waals surface area contributed by atoms with Crippen LogP contribution in [0.2, 0.25) is 0 Å². The Balaban J connectivity index is 2.58. The van der Waals surface area contributed by atoms with Crippen LogP contribution in [-0.4, -0.2) is 54.7 Å². The zero-order valence-electron chi connectivity index (χ0n) is 12.5. The number of nitrogens with two attached hydrogens (primary N) is 1. The molecule has 5 nitrogen and oxygen atoms in total. The summed E-state index contributed by atoms with van der Waals surface area (Å²) in [6.07, 6.45) is 1.74. The van der Waals surface area contributed by atoms with E-state index in [-0.39, 0.29) is 24.0 Å². The first-order chi connectivity index (χ1) is 8.86. The van der Waals surface area contributed by atoms with Crippen molar-refractivity contribution in [1.82, 2.24) is 10.2 Å². The average Bonchev–Trinajstić information content (AvgIpc) is 2.28. The second-order valence-corrected chi connectivity index (χ2v) is 6.58. The number of aliphatic hydroxyl groups excluding tert-OH is 1. The van der Waals surface area contributed by atoms with Crippen molar-refractivity contribution in [2.75, 3.05) is 32.8 Å². The SMILES string of the molecule is CC(C)(C)C(=O)NC1CC(CCO)CN(CCN)C1. The Morgan fingerprint density at radius 3 is 2.63 bits per heavy atom. The largest absolute Gasteiger partial charge is 0.396 e. The molecule has 1 amide bonds. The molecule has 0 bridgehead atoms. The fourth-order valence-electron chi connectivity index (χ4n) is 2.57. The molecule has 0 aromatic carbocycles. The lowest BCUT2D eigenvalue weighted by molar-refractivity contribution is -0.129. The molecule has 5 heteroatoms. The van der Waals surface area contributed by atoms with Crippen LogP contribution < -0.4 is 11.1 Å². The molecule has 2 atom stereocenters. The number of nitrogens with one attached hydrogen (secondary N) is 1. The number of aliphatic hydroxyl groups is 1. The average molecular weight is 271 g/mol. The Kier molecular flexibility index (Phi) is 6.23. The second kappa shape index (κ2) is 7.22. The fourth-order valence-corrected chi connectivity index (χ4v) is 2.57. The highest BCUT2D eigenvalue weighted by Crippen LogP contribution is 2.21. The van der Waals surface area contributed by atoms with Crippen molar-refractivity contribution < 1.29 is 9.90 Å². The molecule has 1 aliphatic rings. The lowest BCUT2D eigenvalue weighted by atomic mass is 9.89. The van der Waals surface area contributed by atoms with Crippen LogP contribution in [0.3, 0.4) is 0 Å². The molecule has 0 aromatic heterocycles. The topological polar surface area (TPSA) is 78.6 Å². The Morgan fingerprint density at radius 1 is 1.42 bits per heavy atom. The summed E-state index contributed by atoms with van der Waals surface area (Å²) in [5, 5.41) is 12.2. The molecule has 1 aliphatic heterocycles. The van der Waals surface area contributed by atoms with Gasteiger partial charge in [0.2, 0.25) is 5.91 Å². The number of hydrogen-bond acceptors (Lipinski definition) is 4. The highest BCUT2D eigenvalue weighted by atomic mass is 16.3. The Morgan fingerprint density at radius 2 is 2.11 bits per heavy atom. The van der Waals surface area contributed by atoms with Crippen molar-refractivity contribution in [3.8, 4) is 0 Å². The van der Waals surface area contributed by atoms with E-state index in [1.165, 1.54) is 0 Å². The lowest BCUT2D eigenvalue weighted by Gasteiger charge is -2.38. The maximum atomic E-state index is 12.1. The van der Waals surface area contributed by atoms with Gasteiger partial charge < -0.3 is 16.2 Å². The van der Waals surface area contributed by atoms with Crippen LogP contribution in [0.15, 0.2) is 0 Å². The minimum Gasteiger partial charge on any atom is -0.396 e. The lowest BCUT2D eigenvalue weighted by Crippen LogP contribution is -2.53. The summed E-state index contributed by atoms with van der Waals surface area (Å²) in [5.74, 6) is 0.533. The smallest absolute Gasteiger partial charge is 0.225 e. The zero-order chi connectivity index (χ0) is 14.5. The number of carbonyl (C=O) groups is 1. The molecule has 1 rings (SSSR count). The summed E-state index contributed by atoms with van der Waals surface area (Å²) in [5.41, 5.74) is 5.26. The van der Waals surface area contributed by atoms with Crippen LogP contribution in [0.1, 0.15) is 33.6 Å². The molecule has 1 fully saturated rings. The molecule has 112 valence electrons. The van der Waals surface area contributed by atoms with Gasteiger partial charge in [-0.3, -0.25) is 9.69 Å². The van der Waals surface area contributed by atoms with E-state index < -0.39 is 0 Å². The van der Waals surface area contributed by atoms with Gasteiger partial charge in [0.1, 0.15) is 0 Å². The van der Waals surface area contributed by atoms with Crippen LogP contribution in [0.25, 0.3) is 0 Å². The van der Waals surface area contributed by atoms with Gasteiger partial charge in [0, 0.05) is 44.2 Å². The van der Waals surface area contributed by atoms with Gasteiger partial charge >= 0.3 is 0 Å². The Bertz CT molecular complexity index is 275. The molecular formula is C14H29N3O2. The summed E-state index contributed by atoms with van der Waals surface area (Å²) < 4.78 is 0. The molecule has 19 heavy (non-hydrogen) atoms. The maximum absolute atomic E-state index is 12.1. The highest BCUT2D eigenvalue weighted by Gasteiger charge is 2.30. The van der Waals surface area contributed by atoms with Crippen molar-refractivity contribution in [3.05, 3.63) is 0 Å². The van der Waals surface area contributed by atoms with Gasteiger partial charge in [-0.05, 0) is 18.8 Å². The van der Waals surface area contributed by atoms with Gasteiger partial charge in [-0.1, -0.05) is 20.8 Å². The third kappa shape index (κ3) is 5.47. The molecule has 0 spiro atoms. The van der Waals surface area contributed by atoms with Crippen molar-refractivity contribution in [2.45, 2.75) is 39.7 Å². The summed E-state index contributed by atoms with van der Waals surface area (Å²) in [6, 6.07) is 0.170. The third-order valence-corrected chi connectivity index (χ3v) is 3.61. The normalized spacial score (nSPS) is 25.3. The Labute approximate surface area is 116 Å². The molecule has 1 saturated heterocycles. The van der Waals surface area contributed by atoms with E-state index in [2.05, 4.69) is 10.2 Å². The number of carbonyl (C=O) groups excluding carboxylic acids is 1. The first-order valence-electron chi connectivity index (χ1n) is 7.21. The van der Waals surface area contributed by atoms with Crippen LogP contribution in [0, 0.1) is 11.3 Å². The number of amides is 1. The zero-order valence-corrected chi connectivity index (χ0v) is 12.5. The number of nitrogens with zero attached hydrogens (tertiary/aromatic N) is 1. The number of hydrogen-bond donors (Lipinski definition) is 3. The van der Waals surface area contributed by atoms with E-state index in [0.29, 0.717) is 12.5 Å². The first kappa shape index (κ1) is 16.4. The minimum absolute atomic E-state index is 0.0925. The van der Waals surface area contributed by atoms with Crippen LogP contribution >= 0.6 is 0 Å². The van der Waals surface area contributed by atoms with Crippen molar-refractivity contribution in [1.29, 1.82) is 0 Å². The van der Waals surface area contributed by atoms with E-state index in [4.69, 9.17) is 10.8 Å². The number of rotatable bonds is 5. The number of likely N-dealkylation sites (tertiary alicyclic amines) is 1. The molecule has 1 heterocycles. The number of piperidine rings is 1. The maximum Gasteiger partial charge on any atom is 0.225 e. The summed E-state index contributed by atoms with van der Waals surface area (Å²) >= 11 is 0. The van der Waals surface area contributed by atoms with Gasteiger partial charge in [-0.2, -0.15) is 0 Å². The molecule has 0 radical (unpaired) electrons. The predicted octanol–water partition coefficient (Wildman–Crippen LogP) is 0.180. The fraction of sp³-hybridized carbons (Fsp3) is 0.929. The first-order valence-corrected chi connectivity index (χ1v) is 7.21. The molecule has 0 aromatic rings. The summed E-state index contributed by atoms with van der Waals surface area (Å²) in [4.78, 5) is 14.3. The molecule has 4 N–H and O–H groups in total. The standard InChI is InChI=1S/C14H29N3O2/c1-14(2,3)13(19)16-12-8-11(4-7-18)9-17(10-12)6-5-15/h11-12,18H,4-10,15H2,1-3H3,(H,16,19). The molecule has 2 unspecified atom stereocenters. The van der Waals surface area contributed by atoms with Crippen molar-refractivity contribution in [3.63, 3.8) is 0 Å². The monoisotopic (exact) mass is 271 g/mol. The van der Waals surface area contributed by atoms with Gasteiger partial charge in [-0.15, -0.1) is 0 Å².